The second kappa shape index (κ2) is 6.96. The monoisotopic (exact) mass is 313 g/mol. The van der Waals surface area contributed by atoms with Crippen LogP contribution in [0.15, 0.2) is 42.7 Å². The number of amides is 1. The molecule has 0 aliphatic heterocycles. The van der Waals surface area contributed by atoms with Gasteiger partial charge in [-0.1, -0.05) is 30.3 Å². The number of aliphatic hydroxyl groups is 1. The summed E-state index contributed by atoms with van der Waals surface area (Å²) in [7, 11) is 0. The molecule has 122 valence electrons. The third-order valence-corrected chi connectivity index (χ3v) is 4.41. The van der Waals surface area contributed by atoms with Crippen LogP contribution in [0.2, 0.25) is 0 Å². The van der Waals surface area contributed by atoms with E-state index in [-0.39, 0.29) is 18.6 Å². The summed E-state index contributed by atoms with van der Waals surface area (Å²) in [6.07, 6.45) is 5.56. The van der Waals surface area contributed by atoms with Crippen LogP contribution in [-0.4, -0.2) is 38.3 Å². The number of carbonyl (C=O) groups is 1. The second-order valence-corrected chi connectivity index (χ2v) is 6.09. The van der Waals surface area contributed by atoms with Crippen molar-refractivity contribution >= 4 is 5.91 Å². The molecule has 1 aromatic heterocycles. The van der Waals surface area contributed by atoms with Gasteiger partial charge in [-0.2, -0.15) is 5.10 Å². The molecule has 1 atom stereocenters. The first-order valence-corrected chi connectivity index (χ1v) is 8.21. The van der Waals surface area contributed by atoms with E-state index in [0.29, 0.717) is 18.0 Å². The number of benzene rings is 1. The molecule has 1 unspecified atom stereocenters. The van der Waals surface area contributed by atoms with Crippen LogP contribution in [0.25, 0.3) is 0 Å². The van der Waals surface area contributed by atoms with E-state index in [1.165, 1.54) is 0 Å². The molecule has 0 spiro atoms. The molecule has 1 aliphatic rings. The van der Waals surface area contributed by atoms with Gasteiger partial charge in [0.1, 0.15) is 0 Å². The summed E-state index contributed by atoms with van der Waals surface area (Å²) in [4.78, 5) is 14.8. The number of nitrogens with zero attached hydrogens (tertiary/aromatic N) is 3. The van der Waals surface area contributed by atoms with Crippen molar-refractivity contribution in [1.29, 1.82) is 0 Å². The predicted octanol–water partition coefficient (Wildman–Crippen LogP) is 2.32. The Morgan fingerprint density at radius 3 is 2.70 bits per heavy atom. The summed E-state index contributed by atoms with van der Waals surface area (Å²) in [5, 5.41) is 14.0. The molecule has 1 aliphatic carbocycles. The molecule has 1 aromatic carbocycles. The Bertz CT molecular complexity index is 649. The zero-order valence-electron chi connectivity index (χ0n) is 13.4. The molecule has 1 saturated carbocycles. The normalized spacial score (nSPS) is 15.4. The van der Waals surface area contributed by atoms with E-state index in [1.807, 2.05) is 42.2 Å². The molecule has 5 heteroatoms. The molecule has 0 radical (unpaired) electrons. The molecule has 23 heavy (non-hydrogen) atoms. The fourth-order valence-electron chi connectivity index (χ4n) is 2.92. The van der Waals surface area contributed by atoms with E-state index < -0.39 is 0 Å². The van der Waals surface area contributed by atoms with Crippen molar-refractivity contribution in [3.05, 3.63) is 53.9 Å². The van der Waals surface area contributed by atoms with Crippen LogP contribution < -0.4 is 0 Å². The smallest absolute Gasteiger partial charge is 0.257 e. The van der Waals surface area contributed by atoms with Gasteiger partial charge in [0, 0.05) is 19.3 Å². The zero-order valence-corrected chi connectivity index (χ0v) is 13.4. The summed E-state index contributed by atoms with van der Waals surface area (Å²) < 4.78 is 1.75. The van der Waals surface area contributed by atoms with Gasteiger partial charge in [-0.15, -0.1) is 0 Å². The highest BCUT2D eigenvalue weighted by molar-refractivity contribution is 5.94. The maximum absolute atomic E-state index is 13.0. The summed E-state index contributed by atoms with van der Waals surface area (Å²) in [5.41, 5.74) is 1.66. The number of hydrogen-bond donors (Lipinski definition) is 1. The molecule has 0 bridgehead atoms. The average molecular weight is 313 g/mol. The number of hydrogen-bond acceptors (Lipinski definition) is 3. The first-order chi connectivity index (χ1) is 11.2. The Hall–Kier alpha value is -2.14. The van der Waals surface area contributed by atoms with Crippen LogP contribution in [0.1, 0.15) is 35.7 Å². The van der Waals surface area contributed by atoms with Crippen molar-refractivity contribution in [1.82, 2.24) is 14.7 Å². The first-order valence-electron chi connectivity index (χ1n) is 8.21. The Kier molecular flexibility index (Phi) is 4.76. The minimum atomic E-state index is -0.118. The van der Waals surface area contributed by atoms with E-state index in [1.54, 1.807) is 17.1 Å². The maximum atomic E-state index is 13.0. The summed E-state index contributed by atoms with van der Waals surface area (Å²) in [6.45, 7) is 3.24. The van der Waals surface area contributed by atoms with Gasteiger partial charge in [0.05, 0.1) is 24.4 Å². The molecule has 1 N–H and O–H groups in total. The Balaban J connectivity index is 1.85. The Morgan fingerprint density at radius 1 is 1.39 bits per heavy atom. The highest BCUT2D eigenvalue weighted by Crippen LogP contribution is 2.36. The van der Waals surface area contributed by atoms with Crippen molar-refractivity contribution in [3.8, 4) is 0 Å². The van der Waals surface area contributed by atoms with Crippen LogP contribution in [0.3, 0.4) is 0 Å². The molecule has 1 heterocycles. The fraction of sp³-hybridized carbons (Fsp3) is 0.444. The van der Waals surface area contributed by atoms with E-state index in [2.05, 4.69) is 5.10 Å². The number of aryl methyl sites for hydroxylation is 1. The summed E-state index contributed by atoms with van der Waals surface area (Å²) in [6, 6.07) is 9.81. The van der Waals surface area contributed by atoms with Crippen LogP contribution in [0.5, 0.6) is 0 Å². The molecule has 0 saturated heterocycles. The van der Waals surface area contributed by atoms with Crippen molar-refractivity contribution in [2.75, 3.05) is 6.61 Å². The summed E-state index contributed by atoms with van der Waals surface area (Å²) >= 11 is 0. The van der Waals surface area contributed by atoms with E-state index in [4.69, 9.17) is 0 Å². The number of rotatable bonds is 7. The van der Waals surface area contributed by atoms with Gasteiger partial charge >= 0.3 is 0 Å². The minimum absolute atomic E-state index is 0.00511. The number of carbonyl (C=O) groups excluding carboxylic acids is 1. The van der Waals surface area contributed by atoms with Crippen molar-refractivity contribution in [3.63, 3.8) is 0 Å². The number of aromatic nitrogens is 2. The standard InChI is InChI=1S/C18H23N3O2/c1-2-20-12-16(10-19-20)18(23)21(17(13-22)15-8-9-15)11-14-6-4-3-5-7-14/h3-7,10,12,15,17,22H,2,8-9,11,13H2,1H3. The molecule has 3 rings (SSSR count). The maximum Gasteiger partial charge on any atom is 0.257 e. The van der Waals surface area contributed by atoms with E-state index in [9.17, 15) is 9.90 Å². The van der Waals surface area contributed by atoms with Crippen LogP contribution in [0.4, 0.5) is 0 Å². The van der Waals surface area contributed by atoms with Gasteiger partial charge in [-0.05, 0) is 31.2 Å². The third kappa shape index (κ3) is 3.62. The SMILES string of the molecule is CCn1cc(C(=O)N(Cc2ccccc2)C(CO)C2CC2)cn1. The highest BCUT2D eigenvalue weighted by Gasteiger charge is 2.37. The van der Waals surface area contributed by atoms with Crippen molar-refractivity contribution in [2.45, 2.75) is 38.9 Å². The Morgan fingerprint density at radius 2 is 2.13 bits per heavy atom. The lowest BCUT2D eigenvalue weighted by atomic mass is 10.1. The van der Waals surface area contributed by atoms with Gasteiger partial charge < -0.3 is 10.0 Å². The minimum Gasteiger partial charge on any atom is -0.394 e. The quantitative estimate of drug-likeness (QED) is 0.853. The van der Waals surface area contributed by atoms with Gasteiger partial charge in [-0.3, -0.25) is 9.48 Å². The molecule has 1 fully saturated rings. The Labute approximate surface area is 136 Å². The van der Waals surface area contributed by atoms with Gasteiger partial charge in [0.25, 0.3) is 5.91 Å². The largest absolute Gasteiger partial charge is 0.394 e. The lowest BCUT2D eigenvalue weighted by Gasteiger charge is -2.30. The third-order valence-electron chi connectivity index (χ3n) is 4.41. The first kappa shape index (κ1) is 15.7. The van der Waals surface area contributed by atoms with E-state index >= 15 is 0 Å². The fourth-order valence-corrected chi connectivity index (χ4v) is 2.92. The topological polar surface area (TPSA) is 58.4 Å². The molecule has 2 aromatic rings. The van der Waals surface area contributed by atoms with Gasteiger partial charge in [-0.25, -0.2) is 0 Å². The van der Waals surface area contributed by atoms with Crippen molar-refractivity contribution in [2.24, 2.45) is 5.92 Å². The van der Waals surface area contributed by atoms with E-state index in [0.717, 1.165) is 24.9 Å². The zero-order chi connectivity index (χ0) is 16.2. The molecule has 1 amide bonds. The number of aliphatic hydroxyl groups excluding tert-OH is 1. The average Bonchev–Trinajstić information content (AvgIpc) is 3.30. The second-order valence-electron chi connectivity index (χ2n) is 6.09. The van der Waals surface area contributed by atoms with Gasteiger partial charge in [0.15, 0.2) is 0 Å². The summed E-state index contributed by atoms with van der Waals surface area (Å²) in [5.74, 6) is 0.355. The van der Waals surface area contributed by atoms with Crippen LogP contribution >= 0.6 is 0 Å². The predicted molar refractivity (Wildman–Crippen MR) is 87.8 cm³/mol. The van der Waals surface area contributed by atoms with Gasteiger partial charge in [0.2, 0.25) is 0 Å². The molecular weight excluding hydrogens is 290 g/mol. The van der Waals surface area contributed by atoms with Crippen LogP contribution in [-0.2, 0) is 13.1 Å². The van der Waals surface area contributed by atoms with Crippen molar-refractivity contribution < 1.29 is 9.90 Å². The molecular formula is C18H23N3O2. The van der Waals surface area contributed by atoms with Crippen LogP contribution in [0, 0.1) is 5.92 Å². The highest BCUT2D eigenvalue weighted by atomic mass is 16.3. The lowest BCUT2D eigenvalue weighted by molar-refractivity contribution is 0.0531. The lowest BCUT2D eigenvalue weighted by Crippen LogP contribution is -2.43. The molecule has 5 nitrogen and oxygen atoms in total.